The zero-order valence-corrected chi connectivity index (χ0v) is 11.9. The Labute approximate surface area is 116 Å². The molecule has 82 valence electrons. The van der Waals surface area contributed by atoms with E-state index in [2.05, 4.69) is 15.0 Å². The lowest BCUT2D eigenvalue weighted by Gasteiger charge is -2.03. The lowest BCUT2D eigenvalue weighted by atomic mass is 10.3. The van der Waals surface area contributed by atoms with E-state index in [9.17, 15) is 0 Å². The molecule has 0 N–H and O–H groups in total. The highest BCUT2D eigenvalue weighted by atomic mass is 127. The van der Waals surface area contributed by atoms with E-state index in [1.165, 1.54) is 0 Å². The van der Waals surface area contributed by atoms with Crippen LogP contribution in [0.15, 0.2) is 18.2 Å². The van der Waals surface area contributed by atoms with Gasteiger partial charge in [-0.2, -0.15) is 0 Å². The number of rotatable bonds is 1. The maximum Gasteiger partial charge on any atom is 0.181 e. The van der Waals surface area contributed by atoms with Crippen LogP contribution in [0.2, 0.25) is 10.3 Å². The van der Waals surface area contributed by atoms with Crippen molar-refractivity contribution in [2.24, 2.45) is 0 Å². The van der Waals surface area contributed by atoms with Crippen LogP contribution in [0.25, 0.3) is 11.5 Å². The van der Waals surface area contributed by atoms with Crippen molar-refractivity contribution >= 4 is 45.8 Å². The van der Waals surface area contributed by atoms with Gasteiger partial charge in [-0.1, -0.05) is 29.3 Å². The summed E-state index contributed by atoms with van der Waals surface area (Å²) < 4.78 is 0.650. The summed E-state index contributed by atoms with van der Waals surface area (Å²) in [5, 5.41) is 0.692. The smallest absolute Gasteiger partial charge is 0.181 e. The van der Waals surface area contributed by atoms with Gasteiger partial charge in [-0.3, -0.25) is 0 Å². The first-order valence-electron chi connectivity index (χ1n) is 4.40. The second-order valence-corrected chi connectivity index (χ2v) is 4.90. The lowest BCUT2D eigenvalue weighted by Crippen LogP contribution is -1.96. The van der Waals surface area contributed by atoms with E-state index >= 15 is 0 Å². The van der Waals surface area contributed by atoms with Gasteiger partial charge in [0.1, 0.15) is 16.0 Å². The minimum atomic E-state index is 0.346. The van der Waals surface area contributed by atoms with Crippen molar-refractivity contribution in [1.82, 2.24) is 15.0 Å². The number of pyridine rings is 1. The molecule has 0 spiro atoms. The van der Waals surface area contributed by atoms with Crippen LogP contribution in [0.4, 0.5) is 0 Å². The molecule has 0 amide bonds. The molecule has 16 heavy (non-hydrogen) atoms. The Bertz CT molecular complexity index is 522. The average molecular weight is 366 g/mol. The molecule has 2 rings (SSSR count). The highest BCUT2D eigenvalue weighted by Gasteiger charge is 2.11. The van der Waals surface area contributed by atoms with Gasteiger partial charge < -0.3 is 0 Å². The molecular weight excluding hydrogens is 360 g/mol. The first kappa shape index (κ1) is 12.0. The molecule has 0 fully saturated rings. The Hall–Kier alpha value is -0.460. The Morgan fingerprint density at radius 3 is 2.25 bits per heavy atom. The Kier molecular flexibility index (Phi) is 3.61. The molecule has 0 bridgehead atoms. The van der Waals surface area contributed by atoms with Crippen molar-refractivity contribution in [1.29, 1.82) is 0 Å². The molecule has 2 aromatic heterocycles. The van der Waals surface area contributed by atoms with E-state index in [1.54, 1.807) is 0 Å². The van der Waals surface area contributed by atoms with Crippen molar-refractivity contribution < 1.29 is 0 Å². The zero-order valence-electron chi connectivity index (χ0n) is 8.21. The lowest BCUT2D eigenvalue weighted by molar-refractivity contribution is 1.10. The molecule has 6 heteroatoms. The van der Waals surface area contributed by atoms with Gasteiger partial charge in [0, 0.05) is 5.69 Å². The summed E-state index contributed by atoms with van der Waals surface area (Å²) in [6.07, 6.45) is 0. The molecule has 2 aromatic rings. The predicted molar refractivity (Wildman–Crippen MR) is 72.7 cm³/mol. The van der Waals surface area contributed by atoms with E-state index < -0.39 is 0 Å². The summed E-state index contributed by atoms with van der Waals surface area (Å²) >= 11 is 13.9. The monoisotopic (exact) mass is 365 g/mol. The molecule has 0 atom stereocenters. The normalized spacial score (nSPS) is 10.5. The molecule has 0 aromatic carbocycles. The minimum Gasteiger partial charge on any atom is -0.250 e. The fourth-order valence-corrected chi connectivity index (χ4v) is 1.81. The van der Waals surface area contributed by atoms with Crippen molar-refractivity contribution in [3.05, 3.63) is 37.8 Å². The molecule has 0 radical (unpaired) electrons. The Morgan fingerprint density at radius 1 is 1.06 bits per heavy atom. The van der Waals surface area contributed by atoms with Crippen LogP contribution in [-0.2, 0) is 0 Å². The summed E-state index contributed by atoms with van der Waals surface area (Å²) in [7, 11) is 0. The molecular formula is C10H6Cl2IN3. The third kappa shape index (κ3) is 2.44. The van der Waals surface area contributed by atoms with E-state index in [-0.39, 0.29) is 0 Å². The van der Waals surface area contributed by atoms with Gasteiger partial charge in [0.25, 0.3) is 0 Å². The highest BCUT2D eigenvalue weighted by molar-refractivity contribution is 14.1. The summed E-state index contributed by atoms with van der Waals surface area (Å²) in [5.74, 6) is 0.444. The molecule has 0 saturated carbocycles. The molecule has 0 aliphatic carbocycles. The number of aromatic nitrogens is 3. The van der Waals surface area contributed by atoms with Crippen molar-refractivity contribution in [3.8, 4) is 11.5 Å². The SMILES string of the molecule is Cc1cccc(-c2nc(Cl)c(I)c(Cl)n2)n1. The van der Waals surface area contributed by atoms with Crippen LogP contribution in [-0.4, -0.2) is 15.0 Å². The first-order valence-corrected chi connectivity index (χ1v) is 6.24. The van der Waals surface area contributed by atoms with Crippen LogP contribution >= 0.6 is 45.8 Å². The van der Waals surface area contributed by atoms with Gasteiger partial charge in [-0.05, 0) is 41.6 Å². The van der Waals surface area contributed by atoms with E-state index in [4.69, 9.17) is 23.2 Å². The molecule has 0 unspecified atom stereocenters. The van der Waals surface area contributed by atoms with Crippen LogP contribution in [0.5, 0.6) is 0 Å². The Morgan fingerprint density at radius 2 is 1.69 bits per heavy atom. The number of hydrogen-bond donors (Lipinski definition) is 0. The highest BCUT2D eigenvalue weighted by Crippen LogP contribution is 2.25. The second-order valence-electron chi connectivity index (χ2n) is 3.11. The zero-order chi connectivity index (χ0) is 11.7. The number of hydrogen-bond acceptors (Lipinski definition) is 3. The predicted octanol–water partition coefficient (Wildman–Crippen LogP) is 3.76. The number of aryl methyl sites for hydroxylation is 1. The van der Waals surface area contributed by atoms with Crippen LogP contribution < -0.4 is 0 Å². The van der Waals surface area contributed by atoms with Crippen molar-refractivity contribution in [2.75, 3.05) is 0 Å². The molecule has 3 nitrogen and oxygen atoms in total. The molecule has 0 aliphatic rings. The van der Waals surface area contributed by atoms with Gasteiger partial charge in [0.15, 0.2) is 5.82 Å². The topological polar surface area (TPSA) is 38.7 Å². The standard InChI is InChI=1S/C10H6Cl2IN3/c1-5-3-2-4-6(14-5)10-15-8(11)7(13)9(12)16-10/h2-4H,1H3. The third-order valence-electron chi connectivity index (χ3n) is 1.89. The maximum absolute atomic E-state index is 5.94. The van der Waals surface area contributed by atoms with Crippen molar-refractivity contribution in [2.45, 2.75) is 6.92 Å². The van der Waals surface area contributed by atoms with Crippen molar-refractivity contribution in [3.63, 3.8) is 0 Å². The first-order chi connectivity index (χ1) is 7.58. The second kappa shape index (κ2) is 4.81. The number of halogens is 3. The van der Waals surface area contributed by atoms with Crippen LogP contribution in [0, 0.1) is 10.5 Å². The maximum atomic E-state index is 5.94. The van der Waals surface area contributed by atoms with Crippen LogP contribution in [0.1, 0.15) is 5.69 Å². The largest absolute Gasteiger partial charge is 0.250 e. The summed E-state index contributed by atoms with van der Waals surface area (Å²) in [4.78, 5) is 12.6. The fourth-order valence-electron chi connectivity index (χ4n) is 1.18. The molecule has 2 heterocycles. The van der Waals surface area contributed by atoms with Gasteiger partial charge in [-0.25, -0.2) is 15.0 Å². The quantitative estimate of drug-likeness (QED) is 0.570. The average Bonchev–Trinajstić information content (AvgIpc) is 2.25. The van der Waals surface area contributed by atoms with Gasteiger partial charge in [0.2, 0.25) is 0 Å². The fraction of sp³-hybridized carbons (Fsp3) is 0.100. The summed E-state index contributed by atoms with van der Waals surface area (Å²) in [5.41, 5.74) is 1.56. The van der Waals surface area contributed by atoms with E-state index in [0.717, 1.165) is 5.69 Å². The summed E-state index contributed by atoms with van der Waals surface area (Å²) in [6.45, 7) is 1.90. The van der Waals surface area contributed by atoms with Crippen LogP contribution in [0.3, 0.4) is 0 Å². The molecule has 0 saturated heterocycles. The molecule has 0 aliphatic heterocycles. The van der Waals surface area contributed by atoms with Gasteiger partial charge >= 0.3 is 0 Å². The Balaban J connectivity index is 2.57. The minimum absolute atomic E-state index is 0.346. The van der Waals surface area contributed by atoms with E-state index in [1.807, 2.05) is 47.7 Å². The van der Waals surface area contributed by atoms with E-state index in [0.29, 0.717) is 25.4 Å². The summed E-state index contributed by atoms with van der Waals surface area (Å²) in [6, 6.07) is 5.61. The third-order valence-corrected chi connectivity index (χ3v) is 4.09. The number of nitrogens with zero attached hydrogens (tertiary/aromatic N) is 3. The van der Waals surface area contributed by atoms with Gasteiger partial charge in [-0.15, -0.1) is 0 Å². The van der Waals surface area contributed by atoms with Gasteiger partial charge in [0.05, 0.1) is 3.57 Å².